The molecule has 1 atom stereocenters. The van der Waals surface area contributed by atoms with Crippen LogP contribution in [-0.4, -0.2) is 23.4 Å². The number of fused-ring (bicyclic) bond motifs is 1. The molecular weight excluding hydrogens is 352 g/mol. The highest BCUT2D eigenvalue weighted by Crippen LogP contribution is 2.37. The smallest absolute Gasteiger partial charge is 0.284 e. The zero-order chi connectivity index (χ0) is 17.5. The highest BCUT2D eigenvalue weighted by molar-refractivity contribution is 7.12. The van der Waals surface area contributed by atoms with E-state index in [2.05, 4.69) is 5.10 Å². The van der Waals surface area contributed by atoms with E-state index in [-0.39, 0.29) is 18.7 Å². The van der Waals surface area contributed by atoms with Gasteiger partial charge in [-0.25, -0.2) is 5.01 Å². The first-order valence-electron chi connectivity index (χ1n) is 8.17. The van der Waals surface area contributed by atoms with E-state index in [4.69, 9.17) is 13.9 Å². The Kier molecular flexibility index (Phi) is 3.53. The number of benzene rings is 1. The minimum Gasteiger partial charge on any atom is -0.467 e. The van der Waals surface area contributed by atoms with Crippen LogP contribution in [0.15, 0.2) is 63.6 Å². The highest BCUT2D eigenvalue weighted by atomic mass is 32.1. The van der Waals surface area contributed by atoms with Crippen molar-refractivity contribution < 1.29 is 18.7 Å². The van der Waals surface area contributed by atoms with Crippen molar-refractivity contribution in [3.05, 3.63) is 70.3 Å². The number of thiophene rings is 1. The standard InChI is InChI=1S/C19H14N2O4S/c22-19(18-4-2-8-26-18)21-14(15-3-1-7-23-15)10-13(20-21)12-5-6-16-17(9-12)25-11-24-16/h1-9,14H,10-11H2. The van der Waals surface area contributed by atoms with Crippen molar-refractivity contribution in [2.24, 2.45) is 5.10 Å². The second kappa shape index (κ2) is 6.03. The number of ether oxygens (including phenoxy) is 2. The van der Waals surface area contributed by atoms with Crippen LogP contribution in [0.2, 0.25) is 0 Å². The van der Waals surface area contributed by atoms with Gasteiger partial charge in [-0.3, -0.25) is 4.79 Å². The first kappa shape index (κ1) is 15.2. The fourth-order valence-corrected chi connectivity index (χ4v) is 3.82. The van der Waals surface area contributed by atoms with Crippen LogP contribution in [0, 0.1) is 0 Å². The summed E-state index contributed by atoms with van der Waals surface area (Å²) in [6, 6.07) is 12.8. The fourth-order valence-electron chi connectivity index (χ4n) is 3.16. The van der Waals surface area contributed by atoms with E-state index >= 15 is 0 Å². The second-order valence-electron chi connectivity index (χ2n) is 5.98. The molecule has 1 aromatic carbocycles. The Balaban J connectivity index is 1.52. The van der Waals surface area contributed by atoms with Crippen LogP contribution in [0.25, 0.3) is 0 Å². The lowest BCUT2D eigenvalue weighted by Gasteiger charge is -2.18. The molecule has 130 valence electrons. The van der Waals surface area contributed by atoms with Crippen molar-refractivity contribution in [2.75, 3.05) is 6.79 Å². The second-order valence-corrected chi connectivity index (χ2v) is 6.92. The van der Waals surface area contributed by atoms with Gasteiger partial charge in [0.1, 0.15) is 11.8 Å². The van der Waals surface area contributed by atoms with E-state index in [1.54, 1.807) is 12.3 Å². The van der Waals surface area contributed by atoms with Gasteiger partial charge in [-0.2, -0.15) is 5.10 Å². The summed E-state index contributed by atoms with van der Waals surface area (Å²) >= 11 is 1.40. The van der Waals surface area contributed by atoms with Gasteiger partial charge in [-0.1, -0.05) is 6.07 Å². The number of hydrogen-bond acceptors (Lipinski definition) is 6. The minimum absolute atomic E-state index is 0.128. The van der Waals surface area contributed by atoms with Gasteiger partial charge in [-0.05, 0) is 41.8 Å². The molecule has 0 saturated carbocycles. The maximum Gasteiger partial charge on any atom is 0.284 e. The summed E-state index contributed by atoms with van der Waals surface area (Å²) in [5, 5.41) is 8.03. The number of hydrazone groups is 1. The minimum atomic E-state index is -0.264. The van der Waals surface area contributed by atoms with Crippen LogP contribution >= 0.6 is 11.3 Å². The van der Waals surface area contributed by atoms with Gasteiger partial charge in [0, 0.05) is 12.0 Å². The number of carbonyl (C=O) groups is 1. The average Bonchev–Trinajstić information content (AvgIpc) is 3.47. The lowest BCUT2D eigenvalue weighted by Crippen LogP contribution is -2.26. The van der Waals surface area contributed by atoms with Crippen LogP contribution in [0.3, 0.4) is 0 Å². The van der Waals surface area contributed by atoms with E-state index in [1.807, 2.05) is 41.8 Å². The van der Waals surface area contributed by atoms with E-state index in [0.29, 0.717) is 17.0 Å². The average molecular weight is 366 g/mol. The Labute approximate surface area is 153 Å². The molecular formula is C19H14N2O4S. The van der Waals surface area contributed by atoms with Gasteiger partial charge in [0.2, 0.25) is 6.79 Å². The first-order valence-corrected chi connectivity index (χ1v) is 9.05. The largest absolute Gasteiger partial charge is 0.467 e. The summed E-state index contributed by atoms with van der Waals surface area (Å²) in [6.45, 7) is 0.225. The Hall–Kier alpha value is -3.06. The third kappa shape index (κ3) is 2.48. The summed E-state index contributed by atoms with van der Waals surface area (Å²) in [5.74, 6) is 2.01. The third-order valence-corrected chi connectivity index (χ3v) is 5.29. The van der Waals surface area contributed by atoms with Gasteiger partial charge >= 0.3 is 0 Å². The van der Waals surface area contributed by atoms with Gasteiger partial charge in [0.05, 0.1) is 16.9 Å². The lowest BCUT2D eigenvalue weighted by atomic mass is 10.0. The molecule has 3 aromatic rings. The number of hydrogen-bond donors (Lipinski definition) is 0. The predicted octanol–water partition coefficient (Wildman–Crippen LogP) is 4.06. The van der Waals surface area contributed by atoms with E-state index in [9.17, 15) is 4.79 Å². The van der Waals surface area contributed by atoms with Gasteiger partial charge < -0.3 is 13.9 Å². The summed E-state index contributed by atoms with van der Waals surface area (Å²) in [5.41, 5.74) is 1.72. The third-order valence-electron chi connectivity index (χ3n) is 4.43. The van der Waals surface area contributed by atoms with Crippen molar-refractivity contribution in [1.82, 2.24) is 5.01 Å². The molecule has 0 spiro atoms. The van der Waals surface area contributed by atoms with Crippen LogP contribution < -0.4 is 9.47 Å². The van der Waals surface area contributed by atoms with Gasteiger partial charge in [0.25, 0.3) is 5.91 Å². The van der Waals surface area contributed by atoms with Crippen LogP contribution in [0.5, 0.6) is 11.5 Å². The first-order chi connectivity index (χ1) is 12.8. The summed E-state index contributed by atoms with van der Waals surface area (Å²) in [6.07, 6.45) is 2.19. The van der Waals surface area contributed by atoms with Crippen molar-refractivity contribution in [3.63, 3.8) is 0 Å². The summed E-state index contributed by atoms with van der Waals surface area (Å²) < 4.78 is 16.4. The maximum atomic E-state index is 12.9. The van der Waals surface area contributed by atoms with Gasteiger partial charge in [0.15, 0.2) is 11.5 Å². The maximum absolute atomic E-state index is 12.9. The van der Waals surface area contributed by atoms with Gasteiger partial charge in [-0.15, -0.1) is 11.3 Å². The zero-order valence-electron chi connectivity index (χ0n) is 13.6. The van der Waals surface area contributed by atoms with Crippen LogP contribution in [-0.2, 0) is 0 Å². The number of carbonyl (C=O) groups excluding carboxylic acids is 1. The number of rotatable bonds is 3. The lowest BCUT2D eigenvalue weighted by molar-refractivity contribution is 0.0698. The molecule has 0 fully saturated rings. The molecule has 0 bridgehead atoms. The molecule has 0 N–H and O–H groups in total. The predicted molar refractivity (Wildman–Crippen MR) is 95.7 cm³/mol. The zero-order valence-corrected chi connectivity index (χ0v) is 14.4. The van der Waals surface area contributed by atoms with E-state index in [1.165, 1.54) is 16.3 Å². The van der Waals surface area contributed by atoms with Crippen LogP contribution in [0.4, 0.5) is 0 Å². The van der Waals surface area contributed by atoms with Crippen molar-refractivity contribution in [1.29, 1.82) is 0 Å². The SMILES string of the molecule is O=C(c1cccs1)N1N=C(c2ccc3c(c2)OCO3)CC1c1ccco1. The monoisotopic (exact) mass is 366 g/mol. The molecule has 7 heteroatoms. The quantitative estimate of drug-likeness (QED) is 0.701. The Bertz CT molecular complexity index is 979. The molecule has 1 amide bonds. The van der Waals surface area contributed by atoms with Crippen LogP contribution in [0.1, 0.15) is 33.5 Å². The van der Waals surface area contributed by atoms with E-state index < -0.39 is 0 Å². The van der Waals surface area contributed by atoms with Crippen molar-refractivity contribution in [2.45, 2.75) is 12.5 Å². The molecule has 2 aliphatic heterocycles. The topological polar surface area (TPSA) is 64.3 Å². The normalized spacial score (nSPS) is 18.2. The Morgan fingerprint density at radius 3 is 2.88 bits per heavy atom. The number of amides is 1. The fraction of sp³-hybridized carbons (Fsp3) is 0.158. The Morgan fingerprint density at radius 2 is 2.08 bits per heavy atom. The number of furan rings is 1. The highest BCUT2D eigenvalue weighted by Gasteiger charge is 2.36. The Morgan fingerprint density at radius 1 is 1.15 bits per heavy atom. The molecule has 0 saturated heterocycles. The molecule has 4 heterocycles. The summed E-state index contributed by atoms with van der Waals surface area (Å²) in [7, 11) is 0. The molecule has 2 aromatic heterocycles. The molecule has 6 nitrogen and oxygen atoms in total. The van der Waals surface area contributed by atoms with Crippen molar-refractivity contribution in [3.8, 4) is 11.5 Å². The number of nitrogens with zero attached hydrogens (tertiary/aromatic N) is 2. The molecule has 1 unspecified atom stereocenters. The molecule has 5 rings (SSSR count). The molecule has 2 aliphatic rings. The van der Waals surface area contributed by atoms with E-state index in [0.717, 1.165) is 22.8 Å². The summed E-state index contributed by atoms with van der Waals surface area (Å²) in [4.78, 5) is 13.6. The molecule has 26 heavy (non-hydrogen) atoms. The van der Waals surface area contributed by atoms with Crippen molar-refractivity contribution >= 4 is 23.0 Å². The molecule has 0 aliphatic carbocycles. The molecule has 0 radical (unpaired) electrons.